The normalized spacial score (nSPS) is 11.8. The molecule has 176 valence electrons. The smallest absolute Gasteiger partial charge is 0.311 e. The van der Waals surface area contributed by atoms with Gasteiger partial charge in [-0.25, -0.2) is 0 Å². The van der Waals surface area contributed by atoms with Gasteiger partial charge in [-0.3, -0.25) is 9.78 Å². The van der Waals surface area contributed by atoms with E-state index in [1.54, 1.807) is 6.20 Å². The van der Waals surface area contributed by atoms with E-state index >= 15 is 0 Å². The minimum Gasteiger partial charge on any atom is -0.492 e. The van der Waals surface area contributed by atoms with Crippen LogP contribution < -0.4 is 9.47 Å². The number of nitrogens with zero attached hydrogens (tertiary/aromatic N) is 1. The van der Waals surface area contributed by atoms with Crippen LogP contribution in [0, 0.1) is 5.92 Å². The van der Waals surface area contributed by atoms with Crippen molar-refractivity contribution in [3.8, 4) is 22.8 Å². The molecule has 2 rings (SSSR count). The van der Waals surface area contributed by atoms with Crippen molar-refractivity contribution >= 4 is 5.97 Å². The predicted octanol–water partition coefficient (Wildman–Crippen LogP) is 8.00. The molecule has 0 spiro atoms. The summed E-state index contributed by atoms with van der Waals surface area (Å²) < 4.78 is 11.3. The summed E-state index contributed by atoms with van der Waals surface area (Å²) in [5.74, 6) is 1.96. The highest BCUT2D eigenvalue weighted by molar-refractivity contribution is 5.72. The number of hydrogen-bond acceptors (Lipinski definition) is 4. The van der Waals surface area contributed by atoms with E-state index in [2.05, 4.69) is 25.8 Å². The van der Waals surface area contributed by atoms with Crippen molar-refractivity contribution in [2.75, 3.05) is 6.61 Å². The van der Waals surface area contributed by atoms with E-state index in [1.165, 1.54) is 44.9 Å². The lowest BCUT2D eigenvalue weighted by Gasteiger charge is -2.09. The Kier molecular flexibility index (Phi) is 12.5. The molecular weight excluding hydrogens is 398 g/mol. The highest BCUT2D eigenvalue weighted by Gasteiger charge is 2.07. The second kappa shape index (κ2) is 15.4. The maximum absolute atomic E-state index is 12.0. The van der Waals surface area contributed by atoms with E-state index in [1.807, 2.05) is 36.4 Å². The van der Waals surface area contributed by atoms with E-state index in [9.17, 15) is 4.79 Å². The molecule has 4 nitrogen and oxygen atoms in total. The van der Waals surface area contributed by atoms with Crippen LogP contribution in [0.3, 0.4) is 0 Å². The summed E-state index contributed by atoms with van der Waals surface area (Å²) in [4.78, 5) is 16.6. The quantitative estimate of drug-likeness (QED) is 0.151. The molecule has 1 heterocycles. The van der Waals surface area contributed by atoms with Gasteiger partial charge < -0.3 is 9.47 Å². The number of benzene rings is 1. The third-order valence-corrected chi connectivity index (χ3v) is 5.91. The van der Waals surface area contributed by atoms with E-state index < -0.39 is 0 Å². The fourth-order valence-corrected chi connectivity index (χ4v) is 3.55. The zero-order valence-corrected chi connectivity index (χ0v) is 20.3. The van der Waals surface area contributed by atoms with Gasteiger partial charge in [-0.2, -0.15) is 0 Å². The van der Waals surface area contributed by atoms with Crippen molar-refractivity contribution in [1.82, 2.24) is 4.98 Å². The van der Waals surface area contributed by atoms with Gasteiger partial charge in [0, 0.05) is 12.0 Å². The molecule has 0 amide bonds. The van der Waals surface area contributed by atoms with E-state index in [-0.39, 0.29) is 5.97 Å². The fourth-order valence-electron chi connectivity index (χ4n) is 3.55. The molecule has 0 saturated carbocycles. The topological polar surface area (TPSA) is 48.4 Å². The van der Waals surface area contributed by atoms with E-state index in [4.69, 9.17) is 9.47 Å². The number of hydrogen-bond donors (Lipinski definition) is 0. The highest BCUT2D eigenvalue weighted by atomic mass is 16.5. The zero-order chi connectivity index (χ0) is 23.0. The molecule has 1 aromatic carbocycles. The Balaban J connectivity index is 1.71. The van der Waals surface area contributed by atoms with E-state index in [0.29, 0.717) is 12.2 Å². The van der Waals surface area contributed by atoms with Gasteiger partial charge >= 0.3 is 5.97 Å². The van der Waals surface area contributed by atoms with Crippen LogP contribution in [-0.4, -0.2) is 17.6 Å². The highest BCUT2D eigenvalue weighted by Crippen LogP contribution is 2.23. The molecule has 1 unspecified atom stereocenters. The van der Waals surface area contributed by atoms with Crippen LogP contribution >= 0.6 is 0 Å². The van der Waals surface area contributed by atoms with Crippen LogP contribution in [0.5, 0.6) is 11.5 Å². The maximum atomic E-state index is 12.0. The minimum atomic E-state index is -0.160. The molecule has 32 heavy (non-hydrogen) atoms. The SMILES string of the molecule is CCCCCCCCOc1ccc(-c2ccc(OC(=O)CCCCC(C)CC)cc2)nc1. The summed E-state index contributed by atoms with van der Waals surface area (Å²) in [5.41, 5.74) is 1.86. The monoisotopic (exact) mass is 439 g/mol. The number of aromatic nitrogens is 1. The van der Waals surface area contributed by atoms with Crippen molar-refractivity contribution in [3.05, 3.63) is 42.6 Å². The molecule has 0 radical (unpaired) electrons. The van der Waals surface area contributed by atoms with Gasteiger partial charge in [0.05, 0.1) is 18.5 Å². The molecule has 0 aliphatic rings. The number of pyridine rings is 1. The van der Waals surface area contributed by atoms with Crippen molar-refractivity contribution in [3.63, 3.8) is 0 Å². The average Bonchev–Trinajstić information content (AvgIpc) is 2.82. The van der Waals surface area contributed by atoms with Crippen molar-refractivity contribution < 1.29 is 14.3 Å². The van der Waals surface area contributed by atoms with Gasteiger partial charge in [0.2, 0.25) is 0 Å². The van der Waals surface area contributed by atoms with Gasteiger partial charge in [-0.1, -0.05) is 72.1 Å². The summed E-state index contributed by atoms with van der Waals surface area (Å²) in [6.07, 6.45) is 14.1. The van der Waals surface area contributed by atoms with Gasteiger partial charge in [-0.05, 0) is 55.2 Å². The standard InChI is InChI=1S/C28H41NO3/c1-4-6-7-8-9-12-21-31-26-19-20-27(29-22-26)24-15-17-25(18-16-24)32-28(30)14-11-10-13-23(3)5-2/h15-20,22-23H,4-14,21H2,1-3H3. The van der Waals surface area contributed by atoms with Gasteiger partial charge in [0.1, 0.15) is 11.5 Å². The summed E-state index contributed by atoms with van der Waals surface area (Å²) in [6, 6.07) is 11.5. The molecular formula is C28H41NO3. The summed E-state index contributed by atoms with van der Waals surface area (Å²) in [7, 11) is 0. The summed E-state index contributed by atoms with van der Waals surface area (Å²) >= 11 is 0. The zero-order valence-electron chi connectivity index (χ0n) is 20.3. The lowest BCUT2D eigenvalue weighted by atomic mass is 10.0. The first kappa shape index (κ1) is 25.9. The predicted molar refractivity (Wildman–Crippen MR) is 132 cm³/mol. The molecule has 0 fully saturated rings. The van der Waals surface area contributed by atoms with Gasteiger partial charge in [-0.15, -0.1) is 0 Å². The average molecular weight is 440 g/mol. The van der Waals surface area contributed by atoms with Gasteiger partial charge in [0.25, 0.3) is 0 Å². The number of ether oxygens (including phenoxy) is 2. The third-order valence-electron chi connectivity index (χ3n) is 5.91. The second-order valence-electron chi connectivity index (χ2n) is 8.75. The fraction of sp³-hybridized carbons (Fsp3) is 0.571. The van der Waals surface area contributed by atoms with Crippen molar-refractivity contribution in [1.29, 1.82) is 0 Å². The molecule has 4 heteroatoms. The van der Waals surface area contributed by atoms with Crippen LogP contribution in [0.4, 0.5) is 0 Å². The second-order valence-corrected chi connectivity index (χ2v) is 8.75. The Hall–Kier alpha value is -2.36. The van der Waals surface area contributed by atoms with E-state index in [0.717, 1.165) is 48.8 Å². The lowest BCUT2D eigenvalue weighted by molar-refractivity contribution is -0.134. The largest absolute Gasteiger partial charge is 0.492 e. The Morgan fingerprint density at radius 1 is 0.875 bits per heavy atom. The number of rotatable bonds is 16. The molecule has 0 aliphatic heterocycles. The molecule has 1 atom stereocenters. The molecule has 0 bridgehead atoms. The minimum absolute atomic E-state index is 0.160. The first-order valence-corrected chi connectivity index (χ1v) is 12.5. The maximum Gasteiger partial charge on any atom is 0.311 e. The first-order valence-electron chi connectivity index (χ1n) is 12.5. The molecule has 0 aliphatic carbocycles. The Morgan fingerprint density at radius 3 is 2.28 bits per heavy atom. The molecule has 0 saturated heterocycles. The van der Waals surface area contributed by atoms with Crippen LogP contribution in [-0.2, 0) is 4.79 Å². The molecule has 0 N–H and O–H groups in total. The Bertz CT molecular complexity index is 755. The summed E-state index contributed by atoms with van der Waals surface area (Å²) in [5, 5.41) is 0. The molecule has 2 aromatic rings. The first-order chi connectivity index (χ1) is 15.6. The van der Waals surface area contributed by atoms with Gasteiger partial charge in [0.15, 0.2) is 0 Å². The van der Waals surface area contributed by atoms with Crippen LogP contribution in [0.15, 0.2) is 42.6 Å². The lowest BCUT2D eigenvalue weighted by Crippen LogP contribution is -2.07. The molecule has 1 aromatic heterocycles. The Morgan fingerprint density at radius 2 is 1.59 bits per heavy atom. The van der Waals surface area contributed by atoms with Crippen molar-refractivity contribution in [2.45, 2.75) is 91.4 Å². The number of esters is 1. The Labute approximate surface area is 194 Å². The van der Waals surface area contributed by atoms with Crippen LogP contribution in [0.2, 0.25) is 0 Å². The number of carbonyl (C=O) groups excluding carboxylic acids is 1. The van der Waals surface area contributed by atoms with Crippen LogP contribution in [0.1, 0.15) is 91.4 Å². The third kappa shape index (κ3) is 10.3. The summed E-state index contributed by atoms with van der Waals surface area (Å²) in [6.45, 7) is 7.44. The number of carbonyl (C=O) groups is 1. The number of unbranched alkanes of at least 4 members (excludes halogenated alkanes) is 6. The van der Waals surface area contributed by atoms with Crippen molar-refractivity contribution in [2.24, 2.45) is 5.92 Å². The van der Waals surface area contributed by atoms with Crippen LogP contribution in [0.25, 0.3) is 11.3 Å².